The molecular weight excluding hydrogens is 319 g/mol. The van der Waals surface area contributed by atoms with Gasteiger partial charge < -0.3 is 0 Å². The van der Waals surface area contributed by atoms with Crippen LogP contribution in [0, 0.1) is 0 Å². The van der Waals surface area contributed by atoms with Crippen LogP contribution in [-0.4, -0.2) is 30.3 Å². The normalized spacial score (nSPS) is 15.0. The molecular formula is C24H53P. The summed E-state index contributed by atoms with van der Waals surface area (Å²) >= 11 is 0. The van der Waals surface area contributed by atoms with E-state index < -0.39 is 6.60 Å². The van der Waals surface area contributed by atoms with Gasteiger partial charge in [-0.15, -0.1) is 0 Å². The molecule has 0 aliphatic heterocycles. The van der Waals surface area contributed by atoms with E-state index >= 15 is 0 Å². The Morgan fingerprint density at radius 2 is 0.800 bits per heavy atom. The molecule has 0 N–H and O–H groups in total. The minimum absolute atomic E-state index is 1.09. The van der Waals surface area contributed by atoms with Crippen LogP contribution in [0.15, 0.2) is 0 Å². The van der Waals surface area contributed by atoms with Crippen molar-refractivity contribution in [3.63, 3.8) is 0 Å². The zero-order valence-electron chi connectivity index (χ0n) is 19.0. The van der Waals surface area contributed by atoms with Crippen LogP contribution >= 0.6 is 6.60 Å². The van der Waals surface area contributed by atoms with Crippen LogP contribution in [0.1, 0.15) is 125 Å². The van der Waals surface area contributed by atoms with Gasteiger partial charge in [0.05, 0.1) is 0 Å². The summed E-state index contributed by atoms with van der Waals surface area (Å²) < 4.78 is 0. The van der Waals surface area contributed by atoms with Crippen molar-refractivity contribution in [3.05, 3.63) is 0 Å². The molecule has 1 atom stereocenters. The summed E-state index contributed by atoms with van der Waals surface area (Å²) in [7, 11) is 0. The molecule has 0 rings (SSSR count). The summed E-state index contributed by atoms with van der Waals surface area (Å²) in [5.41, 5.74) is 1.09. The van der Waals surface area contributed by atoms with E-state index in [2.05, 4.69) is 41.5 Å². The van der Waals surface area contributed by atoms with Gasteiger partial charge >= 0.3 is 162 Å². The number of rotatable bonds is 18. The van der Waals surface area contributed by atoms with Gasteiger partial charge in [0, 0.05) is 0 Å². The van der Waals surface area contributed by atoms with Gasteiger partial charge in [0.1, 0.15) is 0 Å². The Bertz CT molecular complexity index is 253. The Balaban J connectivity index is 5.98. The van der Waals surface area contributed by atoms with Crippen molar-refractivity contribution in [2.75, 3.05) is 24.6 Å². The minimum atomic E-state index is -1.62. The van der Waals surface area contributed by atoms with Gasteiger partial charge in [0.2, 0.25) is 0 Å². The van der Waals surface area contributed by atoms with E-state index in [9.17, 15) is 0 Å². The average molecular weight is 373 g/mol. The molecule has 0 saturated heterocycles. The molecule has 25 heavy (non-hydrogen) atoms. The summed E-state index contributed by atoms with van der Waals surface area (Å²) in [5, 5.41) is 0. The zero-order valence-corrected chi connectivity index (χ0v) is 19.9. The predicted octanol–water partition coefficient (Wildman–Crippen LogP) is 9.10. The fourth-order valence-electron chi connectivity index (χ4n) is 5.39. The van der Waals surface area contributed by atoms with Crippen molar-refractivity contribution < 1.29 is 0 Å². The van der Waals surface area contributed by atoms with E-state index in [1.54, 1.807) is 31.1 Å². The van der Waals surface area contributed by atoms with Crippen molar-refractivity contribution in [3.8, 4) is 0 Å². The molecule has 0 aromatic rings. The van der Waals surface area contributed by atoms with Gasteiger partial charge in [0.15, 0.2) is 0 Å². The number of unbranched alkanes of at least 4 members (excludes halogenated alkanes) is 5. The van der Waals surface area contributed by atoms with E-state index in [0.29, 0.717) is 0 Å². The molecule has 0 aliphatic rings. The Kier molecular flexibility index (Phi) is 14.7. The van der Waals surface area contributed by atoms with Gasteiger partial charge in [-0.25, -0.2) is 0 Å². The summed E-state index contributed by atoms with van der Waals surface area (Å²) in [6.07, 6.45) is 25.5. The van der Waals surface area contributed by atoms with Crippen molar-refractivity contribution in [2.45, 2.75) is 131 Å². The van der Waals surface area contributed by atoms with Crippen LogP contribution in [0.4, 0.5) is 0 Å². The van der Waals surface area contributed by atoms with Crippen LogP contribution in [0.3, 0.4) is 0 Å². The number of hydrogen-bond acceptors (Lipinski definition) is 0. The second kappa shape index (κ2) is 14.5. The van der Waals surface area contributed by atoms with E-state index in [1.807, 2.05) is 0 Å². The van der Waals surface area contributed by atoms with E-state index in [0.717, 1.165) is 5.66 Å². The predicted molar refractivity (Wildman–Crippen MR) is 124 cm³/mol. The fourth-order valence-corrected chi connectivity index (χ4v) is 14.8. The molecule has 1 heteroatoms. The molecule has 0 nitrogen and oxygen atoms in total. The second-order valence-corrected chi connectivity index (χ2v) is 15.6. The van der Waals surface area contributed by atoms with Crippen molar-refractivity contribution >= 4 is 6.60 Å². The molecule has 0 fully saturated rings. The molecule has 1 unspecified atom stereocenters. The molecule has 0 radical (unpaired) electrons. The summed E-state index contributed by atoms with van der Waals surface area (Å²) in [5.74, 6) is 0. The first kappa shape index (κ1) is 25.4. The quantitative estimate of drug-likeness (QED) is 0.210. The van der Waals surface area contributed by atoms with Gasteiger partial charge in [-0.3, -0.25) is 0 Å². The third kappa shape index (κ3) is 7.91. The molecule has 0 aliphatic carbocycles. The maximum absolute atomic E-state index is 2.45. The van der Waals surface area contributed by atoms with Crippen LogP contribution < -0.4 is 0 Å². The standard InChI is InChI=1S/C24H53P/c1-7-13-19-24(18-12-6)25(20-14-8-2,21-15-9-3,22-16-10-4)23-17-11-5/h24H,7-23H2,1-6H3. The number of hydrogen-bond donors (Lipinski definition) is 0. The van der Waals surface area contributed by atoms with E-state index in [4.69, 9.17) is 0 Å². The maximum atomic E-state index is 2.45. The molecule has 0 aromatic carbocycles. The van der Waals surface area contributed by atoms with Crippen LogP contribution in [-0.2, 0) is 0 Å². The molecule has 0 spiro atoms. The van der Waals surface area contributed by atoms with E-state index in [1.165, 1.54) is 77.0 Å². The van der Waals surface area contributed by atoms with Crippen LogP contribution in [0.5, 0.6) is 0 Å². The summed E-state index contributed by atoms with van der Waals surface area (Å²) in [6, 6.07) is 0. The van der Waals surface area contributed by atoms with Crippen LogP contribution in [0.2, 0.25) is 0 Å². The molecule has 0 aromatic heterocycles. The Hall–Kier alpha value is 0.430. The first-order chi connectivity index (χ1) is 12.1. The van der Waals surface area contributed by atoms with E-state index in [-0.39, 0.29) is 0 Å². The monoisotopic (exact) mass is 372 g/mol. The molecule has 0 saturated carbocycles. The first-order valence-corrected chi connectivity index (χ1v) is 15.1. The third-order valence-electron chi connectivity index (χ3n) is 7.01. The molecule has 0 amide bonds. The first-order valence-electron chi connectivity index (χ1n) is 12.1. The van der Waals surface area contributed by atoms with Gasteiger partial charge in [0.25, 0.3) is 0 Å². The summed E-state index contributed by atoms with van der Waals surface area (Å²) in [6.45, 7) is 12.9. The second-order valence-electron chi connectivity index (χ2n) is 8.97. The van der Waals surface area contributed by atoms with Crippen molar-refractivity contribution in [1.29, 1.82) is 0 Å². The Morgan fingerprint density at radius 3 is 1.08 bits per heavy atom. The Labute approximate surface area is 162 Å². The molecule has 0 bridgehead atoms. The molecule has 154 valence electrons. The van der Waals surface area contributed by atoms with Crippen LogP contribution in [0.25, 0.3) is 0 Å². The SMILES string of the molecule is CCCCC(CCC)P(CCCC)(CCCC)(CCCC)CCCC. The van der Waals surface area contributed by atoms with Gasteiger partial charge in [-0.2, -0.15) is 0 Å². The zero-order chi connectivity index (χ0) is 19.0. The Morgan fingerprint density at radius 1 is 0.440 bits per heavy atom. The average Bonchev–Trinajstić information content (AvgIpc) is 2.64. The molecule has 0 heterocycles. The van der Waals surface area contributed by atoms with Crippen molar-refractivity contribution in [1.82, 2.24) is 0 Å². The van der Waals surface area contributed by atoms with Gasteiger partial charge in [-0.1, -0.05) is 0 Å². The fraction of sp³-hybridized carbons (Fsp3) is 1.00. The topological polar surface area (TPSA) is 0 Å². The third-order valence-corrected chi connectivity index (χ3v) is 15.7. The summed E-state index contributed by atoms with van der Waals surface area (Å²) in [4.78, 5) is 0. The van der Waals surface area contributed by atoms with Gasteiger partial charge in [-0.05, 0) is 0 Å². The van der Waals surface area contributed by atoms with Crippen molar-refractivity contribution in [2.24, 2.45) is 0 Å².